The number of ether oxygens (including phenoxy) is 1. The molecule has 0 bridgehead atoms. The van der Waals surface area contributed by atoms with Crippen molar-refractivity contribution in [2.75, 3.05) is 7.11 Å². The van der Waals surface area contributed by atoms with E-state index in [2.05, 4.69) is 6.92 Å². The van der Waals surface area contributed by atoms with Crippen LogP contribution in [0.4, 0.5) is 0 Å². The Morgan fingerprint density at radius 1 is 1.09 bits per heavy atom. The molecule has 0 aliphatic heterocycles. The van der Waals surface area contributed by atoms with Gasteiger partial charge in [-0.05, 0) is 81.5 Å². The van der Waals surface area contributed by atoms with Gasteiger partial charge in [0.25, 0.3) is 0 Å². The zero-order valence-electron chi connectivity index (χ0n) is 14.9. The lowest BCUT2D eigenvalue weighted by atomic mass is 9.49. The smallest absolute Gasteiger partial charge is 0.139 e. The van der Waals surface area contributed by atoms with E-state index in [1.165, 1.54) is 19.3 Å². The fourth-order valence-electron chi connectivity index (χ4n) is 7.14. The van der Waals surface area contributed by atoms with E-state index in [-0.39, 0.29) is 11.5 Å². The van der Waals surface area contributed by atoms with Crippen LogP contribution < -0.4 is 0 Å². The summed E-state index contributed by atoms with van der Waals surface area (Å²) in [5, 5.41) is 10.7. The van der Waals surface area contributed by atoms with Gasteiger partial charge in [-0.25, -0.2) is 0 Å². The molecular weight excluding hydrogens is 288 g/mol. The third-order valence-corrected chi connectivity index (χ3v) is 8.37. The molecule has 0 saturated heterocycles. The highest BCUT2D eigenvalue weighted by Crippen LogP contribution is 2.62. The van der Waals surface area contributed by atoms with Gasteiger partial charge in [0.1, 0.15) is 5.78 Å². The summed E-state index contributed by atoms with van der Waals surface area (Å²) >= 11 is 0. The van der Waals surface area contributed by atoms with Crippen LogP contribution >= 0.6 is 0 Å². The molecule has 1 N–H and O–H groups in total. The molecule has 4 rings (SSSR count). The summed E-state index contributed by atoms with van der Waals surface area (Å²) in [6.07, 6.45) is 8.62. The molecule has 3 nitrogen and oxygen atoms in total. The van der Waals surface area contributed by atoms with Gasteiger partial charge in [-0.3, -0.25) is 4.79 Å². The summed E-state index contributed by atoms with van der Waals surface area (Å²) < 4.78 is 5.65. The number of aliphatic hydroxyl groups is 1. The largest absolute Gasteiger partial charge is 0.387 e. The Bertz CT molecular complexity index is 499. The van der Waals surface area contributed by atoms with Crippen LogP contribution in [-0.4, -0.2) is 29.7 Å². The van der Waals surface area contributed by atoms with Gasteiger partial charge in [0.05, 0.1) is 11.7 Å². The van der Waals surface area contributed by atoms with E-state index in [0.717, 1.165) is 43.9 Å². The summed E-state index contributed by atoms with van der Waals surface area (Å²) in [5.74, 6) is 3.99. The number of fused-ring (bicyclic) bond motifs is 5. The molecule has 0 heterocycles. The molecule has 4 saturated carbocycles. The molecule has 4 aliphatic rings. The highest BCUT2D eigenvalue weighted by molar-refractivity contribution is 5.87. The zero-order valence-corrected chi connectivity index (χ0v) is 14.9. The lowest BCUT2D eigenvalue weighted by Gasteiger charge is -2.56. The van der Waals surface area contributed by atoms with Gasteiger partial charge in [0, 0.05) is 18.9 Å². The lowest BCUT2D eigenvalue weighted by molar-refractivity contribution is -0.164. The van der Waals surface area contributed by atoms with Crippen molar-refractivity contribution in [3.8, 4) is 0 Å². The predicted octanol–water partition coefficient (Wildman–Crippen LogP) is 3.58. The van der Waals surface area contributed by atoms with Gasteiger partial charge in [0.15, 0.2) is 0 Å². The van der Waals surface area contributed by atoms with Crippen molar-refractivity contribution in [1.82, 2.24) is 0 Å². The van der Waals surface area contributed by atoms with E-state index in [9.17, 15) is 9.90 Å². The molecular formula is C20H32O3. The Hall–Kier alpha value is -0.410. The summed E-state index contributed by atoms with van der Waals surface area (Å²) in [6, 6.07) is 0. The standard InChI is InChI=1S/C20H32O3/c1-19-9-8-13-14(16(19)6-7-17(19)21)5-4-12-11-20(2,22)18(23-3)10-15(12)13/h12-16,18,22H,4-11H2,1-3H3/t12-,13-,14+,15-,16-,18-,19-,20-/m0/s1. The highest BCUT2D eigenvalue weighted by Gasteiger charge is 2.58. The number of hydrogen-bond donors (Lipinski definition) is 1. The molecule has 0 amide bonds. The SMILES string of the molecule is CO[C@H]1C[C@H]2[C@@H](CC[C@@H]3[C@@H]2CC[C@]2(C)C(=O)CC[C@@H]32)C[C@]1(C)O. The van der Waals surface area contributed by atoms with Gasteiger partial charge < -0.3 is 9.84 Å². The number of hydrogen-bond acceptors (Lipinski definition) is 3. The molecule has 4 aliphatic carbocycles. The Kier molecular flexibility index (Phi) is 3.70. The highest BCUT2D eigenvalue weighted by atomic mass is 16.5. The van der Waals surface area contributed by atoms with Gasteiger partial charge in [-0.15, -0.1) is 0 Å². The molecule has 3 heteroatoms. The minimum absolute atomic E-state index is 0.0190. The van der Waals surface area contributed by atoms with E-state index >= 15 is 0 Å². The molecule has 23 heavy (non-hydrogen) atoms. The average molecular weight is 320 g/mol. The molecule has 0 aromatic rings. The monoisotopic (exact) mass is 320 g/mol. The van der Waals surface area contributed by atoms with E-state index in [4.69, 9.17) is 4.74 Å². The fraction of sp³-hybridized carbons (Fsp3) is 0.950. The van der Waals surface area contributed by atoms with Crippen molar-refractivity contribution in [3.05, 3.63) is 0 Å². The maximum absolute atomic E-state index is 12.4. The van der Waals surface area contributed by atoms with Gasteiger partial charge in [0.2, 0.25) is 0 Å². The molecule has 0 aromatic heterocycles. The minimum atomic E-state index is -0.671. The molecule has 0 spiro atoms. The van der Waals surface area contributed by atoms with Crippen molar-refractivity contribution in [3.63, 3.8) is 0 Å². The second-order valence-electron chi connectivity index (χ2n) is 9.37. The minimum Gasteiger partial charge on any atom is -0.387 e. The third kappa shape index (κ3) is 2.26. The topological polar surface area (TPSA) is 46.5 Å². The van der Waals surface area contributed by atoms with E-state index in [1.54, 1.807) is 7.11 Å². The van der Waals surface area contributed by atoms with Crippen LogP contribution in [0.3, 0.4) is 0 Å². The van der Waals surface area contributed by atoms with Gasteiger partial charge in [-0.1, -0.05) is 6.92 Å². The van der Waals surface area contributed by atoms with Crippen LogP contribution in [0.5, 0.6) is 0 Å². The van der Waals surface area contributed by atoms with Crippen LogP contribution in [0.25, 0.3) is 0 Å². The van der Waals surface area contributed by atoms with E-state index in [1.807, 2.05) is 6.92 Å². The van der Waals surface area contributed by atoms with Crippen molar-refractivity contribution < 1.29 is 14.6 Å². The first-order chi connectivity index (χ1) is 10.9. The van der Waals surface area contributed by atoms with Crippen LogP contribution in [0, 0.1) is 35.0 Å². The number of carbonyl (C=O) groups is 1. The number of methoxy groups -OCH3 is 1. The summed E-state index contributed by atoms with van der Waals surface area (Å²) in [5.41, 5.74) is -0.690. The average Bonchev–Trinajstić information content (AvgIpc) is 2.81. The summed E-state index contributed by atoms with van der Waals surface area (Å²) in [6.45, 7) is 4.20. The Balaban J connectivity index is 1.58. The first-order valence-corrected chi connectivity index (χ1v) is 9.65. The molecule has 4 fully saturated rings. The maximum Gasteiger partial charge on any atom is 0.139 e. The van der Waals surface area contributed by atoms with Crippen LogP contribution in [0.2, 0.25) is 0 Å². The second kappa shape index (κ2) is 5.29. The van der Waals surface area contributed by atoms with Crippen molar-refractivity contribution in [2.45, 2.75) is 76.9 Å². The van der Waals surface area contributed by atoms with E-state index < -0.39 is 5.60 Å². The fourth-order valence-corrected chi connectivity index (χ4v) is 7.14. The number of rotatable bonds is 1. The van der Waals surface area contributed by atoms with Crippen LogP contribution in [0.15, 0.2) is 0 Å². The van der Waals surface area contributed by atoms with Crippen molar-refractivity contribution in [2.24, 2.45) is 35.0 Å². The van der Waals surface area contributed by atoms with E-state index in [0.29, 0.717) is 23.5 Å². The normalized spacial score (nSPS) is 55.9. The third-order valence-electron chi connectivity index (χ3n) is 8.37. The molecule has 0 radical (unpaired) electrons. The first kappa shape index (κ1) is 16.1. The summed E-state index contributed by atoms with van der Waals surface area (Å²) in [7, 11) is 1.74. The quantitative estimate of drug-likeness (QED) is 0.803. The van der Waals surface area contributed by atoms with Gasteiger partial charge >= 0.3 is 0 Å². The number of ketones is 1. The van der Waals surface area contributed by atoms with Crippen molar-refractivity contribution in [1.29, 1.82) is 0 Å². The lowest BCUT2D eigenvalue weighted by Crippen LogP contribution is -2.55. The Morgan fingerprint density at radius 2 is 1.87 bits per heavy atom. The Labute approximate surface area is 140 Å². The molecule has 130 valence electrons. The number of Topliss-reactive ketones (excluding diaryl/α,β-unsaturated/α-hetero) is 1. The molecule has 0 aromatic carbocycles. The zero-order chi connectivity index (χ0) is 16.4. The second-order valence-corrected chi connectivity index (χ2v) is 9.37. The Morgan fingerprint density at radius 3 is 2.61 bits per heavy atom. The summed E-state index contributed by atoms with van der Waals surface area (Å²) in [4.78, 5) is 12.4. The molecule has 0 unspecified atom stereocenters. The molecule has 8 atom stereocenters. The predicted molar refractivity (Wildman–Crippen MR) is 88.9 cm³/mol. The van der Waals surface area contributed by atoms with Crippen LogP contribution in [-0.2, 0) is 9.53 Å². The van der Waals surface area contributed by atoms with Gasteiger partial charge in [-0.2, -0.15) is 0 Å². The maximum atomic E-state index is 12.4. The first-order valence-electron chi connectivity index (χ1n) is 9.65. The number of carbonyl (C=O) groups excluding carboxylic acids is 1. The van der Waals surface area contributed by atoms with Crippen LogP contribution in [0.1, 0.15) is 65.2 Å². The van der Waals surface area contributed by atoms with Crippen molar-refractivity contribution >= 4 is 5.78 Å².